The molecule has 1 fully saturated rings. The lowest BCUT2D eigenvalue weighted by Gasteiger charge is -2.41. The van der Waals surface area contributed by atoms with Gasteiger partial charge in [-0.2, -0.15) is 0 Å². The molecule has 3 aliphatic rings. The molecule has 29 heavy (non-hydrogen) atoms. The first-order valence-corrected chi connectivity index (χ1v) is 11.6. The maximum absolute atomic E-state index is 8.49. The molecule has 2 heterocycles. The highest BCUT2D eigenvalue weighted by Crippen LogP contribution is 2.50. The second kappa shape index (κ2) is 9.32. The molecule has 8 heteroatoms. The van der Waals surface area contributed by atoms with E-state index in [2.05, 4.69) is 62.4 Å². The number of hydrogen-bond acceptors (Lipinski definition) is 6. The third-order valence-corrected chi connectivity index (χ3v) is 6.58. The van der Waals surface area contributed by atoms with Crippen molar-refractivity contribution in [1.29, 1.82) is 0 Å². The van der Waals surface area contributed by atoms with Gasteiger partial charge in [0.15, 0.2) is 0 Å². The van der Waals surface area contributed by atoms with Gasteiger partial charge in [-0.1, -0.05) is 62.0 Å². The zero-order valence-corrected chi connectivity index (χ0v) is 18.1. The number of hydrogen-bond donors (Lipinski definition) is 1. The standard InChI is InChI=1S/C21H25NOS.ClHO4/c1-21(2)15-17(22-10-12-23-13-11-22)14-20-18(21)8-9-19(24-20)16-6-4-3-5-7-16;2-1(3,4)5/h3-9,14,17H,10-13,15H2,1-2H3;(H,2,3,4,5). The minimum atomic E-state index is -4.94. The lowest BCUT2D eigenvalue weighted by Crippen LogP contribution is -3.17. The normalized spacial score (nSPS) is 24.3. The molecule has 1 aromatic rings. The second-order valence-corrected chi connectivity index (χ2v) is 9.79. The van der Waals surface area contributed by atoms with Crippen LogP contribution >= 0.6 is 11.8 Å². The Morgan fingerprint density at radius 3 is 2.24 bits per heavy atom. The SMILES string of the molecule is CC1(C)CC([NH+]2CCOCC2)C=C2SC(c3ccccc3)=CC=C21.[O-][Cl+3]([O-])([O-])[O-]. The van der Waals surface area contributed by atoms with Crippen LogP contribution in [-0.2, 0) is 4.74 Å². The van der Waals surface area contributed by atoms with Crippen molar-refractivity contribution in [2.24, 2.45) is 5.41 Å². The Bertz CT molecular complexity index is 789. The summed E-state index contributed by atoms with van der Waals surface area (Å²) in [5.74, 6) is 0. The van der Waals surface area contributed by atoms with E-state index >= 15 is 0 Å². The molecular formula is C21H26ClNO5S. The molecule has 1 N–H and O–H groups in total. The van der Waals surface area contributed by atoms with Gasteiger partial charge in [0.1, 0.15) is 19.1 Å². The van der Waals surface area contributed by atoms with Gasteiger partial charge in [-0.15, -0.1) is 10.2 Å². The average Bonchev–Trinajstić information content (AvgIpc) is 2.67. The van der Waals surface area contributed by atoms with E-state index in [-0.39, 0.29) is 5.41 Å². The largest absolute Gasteiger partial charge is 0.370 e. The molecule has 0 saturated carbocycles. The third kappa shape index (κ3) is 6.41. The van der Waals surface area contributed by atoms with Crippen LogP contribution in [0.2, 0.25) is 0 Å². The molecule has 2 aliphatic heterocycles. The van der Waals surface area contributed by atoms with Crippen LogP contribution in [-0.4, -0.2) is 32.3 Å². The maximum Gasteiger partial charge on any atom is 0.108 e. The highest BCUT2D eigenvalue weighted by atomic mass is 35.7. The number of nitrogens with one attached hydrogen (secondary N) is 1. The predicted molar refractivity (Wildman–Crippen MR) is 102 cm³/mol. The molecule has 1 aromatic carbocycles. The molecule has 1 saturated heterocycles. The molecule has 1 unspecified atom stereocenters. The number of rotatable bonds is 2. The first-order chi connectivity index (χ1) is 13.6. The molecule has 0 amide bonds. The fourth-order valence-corrected chi connectivity index (χ4v) is 5.37. The Morgan fingerprint density at radius 2 is 1.62 bits per heavy atom. The number of fused-ring (bicyclic) bond motifs is 1. The molecule has 0 bridgehead atoms. The summed E-state index contributed by atoms with van der Waals surface area (Å²) in [5, 5.41) is 0. The fraction of sp³-hybridized carbons (Fsp3) is 0.429. The first kappa shape index (κ1) is 22.5. The van der Waals surface area contributed by atoms with Crippen LogP contribution in [0.15, 0.2) is 59.0 Å². The molecule has 0 radical (unpaired) electrons. The van der Waals surface area contributed by atoms with E-state index in [9.17, 15) is 0 Å². The highest BCUT2D eigenvalue weighted by molar-refractivity contribution is 8.12. The predicted octanol–water partition coefficient (Wildman–Crippen LogP) is -1.46. The van der Waals surface area contributed by atoms with Gasteiger partial charge >= 0.3 is 0 Å². The third-order valence-electron chi connectivity index (χ3n) is 5.42. The summed E-state index contributed by atoms with van der Waals surface area (Å²) in [6, 6.07) is 11.3. The zero-order chi connectivity index (χ0) is 21.1. The smallest absolute Gasteiger partial charge is 0.108 e. The Morgan fingerprint density at radius 1 is 1.00 bits per heavy atom. The van der Waals surface area contributed by atoms with Gasteiger partial charge in [-0.05, 0) is 28.7 Å². The van der Waals surface area contributed by atoms with Crippen LogP contribution in [0, 0.1) is 15.7 Å². The Balaban J connectivity index is 0.000000431. The van der Waals surface area contributed by atoms with E-state index in [4.69, 9.17) is 23.4 Å². The molecular weight excluding hydrogens is 414 g/mol. The summed E-state index contributed by atoms with van der Waals surface area (Å²) >= 11 is 1.95. The van der Waals surface area contributed by atoms with E-state index in [1.54, 1.807) is 4.90 Å². The minimum absolute atomic E-state index is 0.242. The van der Waals surface area contributed by atoms with Crippen molar-refractivity contribution in [2.75, 3.05) is 26.3 Å². The van der Waals surface area contributed by atoms with Crippen molar-refractivity contribution in [1.82, 2.24) is 0 Å². The summed E-state index contributed by atoms with van der Waals surface area (Å²) in [4.78, 5) is 4.52. The van der Waals surface area contributed by atoms with Gasteiger partial charge in [0.2, 0.25) is 0 Å². The number of allylic oxidation sites excluding steroid dienone is 3. The van der Waals surface area contributed by atoms with Gasteiger partial charge in [0, 0.05) is 16.2 Å². The molecule has 1 aliphatic carbocycles. The van der Waals surface area contributed by atoms with Crippen molar-refractivity contribution in [3.8, 4) is 0 Å². The lowest BCUT2D eigenvalue weighted by atomic mass is 9.74. The van der Waals surface area contributed by atoms with Crippen molar-refractivity contribution >= 4 is 16.7 Å². The number of morpholine rings is 1. The van der Waals surface area contributed by atoms with Crippen molar-refractivity contribution in [2.45, 2.75) is 26.3 Å². The maximum atomic E-state index is 8.49. The fourth-order valence-electron chi connectivity index (χ4n) is 4.06. The van der Waals surface area contributed by atoms with Crippen molar-refractivity contribution in [3.05, 3.63) is 64.6 Å². The molecule has 4 rings (SSSR count). The summed E-state index contributed by atoms with van der Waals surface area (Å²) in [6.07, 6.45) is 8.43. The monoisotopic (exact) mass is 439 g/mol. The Kier molecular flexibility index (Phi) is 7.24. The molecule has 1 atom stereocenters. The van der Waals surface area contributed by atoms with E-state index in [1.165, 1.54) is 27.4 Å². The summed E-state index contributed by atoms with van der Waals surface area (Å²) in [6.45, 7) is 8.88. The number of quaternary nitrogens is 1. The zero-order valence-electron chi connectivity index (χ0n) is 16.6. The van der Waals surface area contributed by atoms with Crippen LogP contribution in [0.25, 0.3) is 4.91 Å². The molecule has 158 valence electrons. The Hall–Kier alpha value is -1.16. The van der Waals surface area contributed by atoms with E-state index < -0.39 is 10.2 Å². The summed E-state index contributed by atoms with van der Waals surface area (Å²) in [7, 11) is -4.94. The van der Waals surface area contributed by atoms with Crippen molar-refractivity contribution < 1.29 is 38.5 Å². The van der Waals surface area contributed by atoms with E-state index in [0.717, 1.165) is 26.3 Å². The number of ether oxygens (including phenoxy) is 1. The van der Waals surface area contributed by atoms with Crippen LogP contribution < -0.4 is 23.5 Å². The molecule has 6 nitrogen and oxygen atoms in total. The van der Waals surface area contributed by atoms with Gasteiger partial charge in [0.25, 0.3) is 0 Å². The van der Waals surface area contributed by atoms with Crippen LogP contribution in [0.3, 0.4) is 0 Å². The lowest BCUT2D eigenvalue weighted by molar-refractivity contribution is -2.00. The second-order valence-electron chi connectivity index (χ2n) is 7.95. The molecule has 0 spiro atoms. The molecule has 0 aromatic heterocycles. The van der Waals surface area contributed by atoms with Crippen LogP contribution in [0.5, 0.6) is 0 Å². The van der Waals surface area contributed by atoms with Gasteiger partial charge in [-0.25, -0.2) is 18.6 Å². The van der Waals surface area contributed by atoms with Gasteiger partial charge < -0.3 is 9.64 Å². The minimum Gasteiger partial charge on any atom is -0.370 e. The van der Waals surface area contributed by atoms with Crippen LogP contribution in [0.1, 0.15) is 25.8 Å². The number of halogens is 1. The highest BCUT2D eigenvalue weighted by Gasteiger charge is 2.39. The number of benzene rings is 1. The quantitative estimate of drug-likeness (QED) is 0.604. The van der Waals surface area contributed by atoms with Crippen LogP contribution in [0.4, 0.5) is 0 Å². The number of thioether (sulfide) groups is 1. The topological polar surface area (TPSA) is 106 Å². The average molecular weight is 440 g/mol. The first-order valence-electron chi connectivity index (χ1n) is 9.55. The van der Waals surface area contributed by atoms with Gasteiger partial charge in [0.05, 0.1) is 13.2 Å². The Labute approximate surface area is 177 Å². The van der Waals surface area contributed by atoms with E-state index in [0.29, 0.717) is 6.04 Å². The van der Waals surface area contributed by atoms with E-state index in [1.807, 2.05) is 11.8 Å². The van der Waals surface area contributed by atoms with Gasteiger partial charge in [-0.3, -0.25) is 0 Å². The summed E-state index contributed by atoms with van der Waals surface area (Å²) in [5.41, 5.74) is 3.07. The summed E-state index contributed by atoms with van der Waals surface area (Å²) < 4.78 is 39.5. The van der Waals surface area contributed by atoms with Crippen molar-refractivity contribution in [3.63, 3.8) is 0 Å².